The molecule has 1 atom stereocenters. The van der Waals surface area contributed by atoms with Crippen molar-refractivity contribution in [2.24, 2.45) is 5.92 Å². The summed E-state index contributed by atoms with van der Waals surface area (Å²) >= 11 is 0. The predicted molar refractivity (Wildman–Crippen MR) is 124 cm³/mol. The first-order chi connectivity index (χ1) is 16.0. The van der Waals surface area contributed by atoms with Crippen LogP contribution in [0.1, 0.15) is 43.5 Å². The molecule has 172 valence electrons. The van der Waals surface area contributed by atoms with Crippen molar-refractivity contribution in [2.75, 3.05) is 19.6 Å². The summed E-state index contributed by atoms with van der Waals surface area (Å²) in [5, 5.41) is 0. The van der Waals surface area contributed by atoms with Crippen LogP contribution in [0.25, 0.3) is 11.0 Å². The molecule has 3 heterocycles. The fourth-order valence-electron chi connectivity index (χ4n) is 4.97. The molecule has 0 N–H and O–H groups in total. The van der Waals surface area contributed by atoms with E-state index >= 15 is 0 Å². The van der Waals surface area contributed by atoms with Crippen molar-refractivity contribution in [1.82, 2.24) is 19.4 Å². The summed E-state index contributed by atoms with van der Waals surface area (Å²) in [6.45, 7) is 5.06. The number of carbonyl (C=O) groups excluding carboxylic acids is 2. The first-order valence-electron chi connectivity index (χ1n) is 11.7. The van der Waals surface area contributed by atoms with E-state index in [1.807, 2.05) is 33.7 Å². The minimum atomic E-state index is -0.286. The highest BCUT2D eigenvalue weighted by atomic mass is 19.1. The summed E-state index contributed by atoms with van der Waals surface area (Å²) in [6, 6.07) is 14.1. The van der Waals surface area contributed by atoms with E-state index in [2.05, 4.69) is 6.92 Å². The summed E-state index contributed by atoms with van der Waals surface area (Å²) < 4.78 is 15.3. The minimum Gasteiger partial charge on any atom is -0.341 e. The third kappa shape index (κ3) is 4.49. The van der Waals surface area contributed by atoms with Gasteiger partial charge in [-0.1, -0.05) is 31.2 Å². The third-order valence-corrected chi connectivity index (χ3v) is 6.98. The number of likely N-dealkylation sites (tertiary alicyclic amines) is 2. The van der Waals surface area contributed by atoms with Crippen LogP contribution < -0.4 is 0 Å². The zero-order valence-corrected chi connectivity index (χ0v) is 18.9. The Hall–Kier alpha value is -3.22. The van der Waals surface area contributed by atoms with E-state index in [0.717, 1.165) is 48.4 Å². The Morgan fingerprint density at radius 3 is 2.58 bits per heavy atom. The van der Waals surface area contributed by atoms with Crippen LogP contribution in [0.2, 0.25) is 0 Å². The van der Waals surface area contributed by atoms with Crippen LogP contribution in [-0.4, -0.2) is 50.8 Å². The number of piperidine rings is 1. The normalized spacial score (nSPS) is 19.6. The zero-order valence-electron chi connectivity index (χ0n) is 18.9. The van der Waals surface area contributed by atoms with Gasteiger partial charge < -0.3 is 14.4 Å². The van der Waals surface area contributed by atoms with E-state index in [9.17, 15) is 14.0 Å². The van der Waals surface area contributed by atoms with Gasteiger partial charge >= 0.3 is 0 Å². The Morgan fingerprint density at radius 1 is 1.09 bits per heavy atom. The maximum Gasteiger partial charge on any atom is 0.242 e. The summed E-state index contributed by atoms with van der Waals surface area (Å²) in [5.74, 6) is 1.25. The second-order valence-corrected chi connectivity index (χ2v) is 9.41. The first kappa shape index (κ1) is 21.6. The van der Waals surface area contributed by atoms with E-state index in [1.165, 1.54) is 12.1 Å². The van der Waals surface area contributed by atoms with Crippen molar-refractivity contribution < 1.29 is 14.0 Å². The fourth-order valence-corrected chi connectivity index (χ4v) is 4.97. The van der Waals surface area contributed by atoms with Gasteiger partial charge in [0.1, 0.15) is 18.2 Å². The van der Waals surface area contributed by atoms with Crippen molar-refractivity contribution in [2.45, 2.75) is 45.2 Å². The molecule has 2 fully saturated rings. The molecule has 0 unspecified atom stereocenters. The Balaban J connectivity index is 1.38. The number of nitrogens with zero attached hydrogens (tertiary/aromatic N) is 4. The van der Waals surface area contributed by atoms with Crippen LogP contribution in [-0.2, 0) is 22.7 Å². The second-order valence-electron chi connectivity index (χ2n) is 9.41. The lowest BCUT2D eigenvalue weighted by atomic mass is 9.99. The van der Waals surface area contributed by atoms with E-state index in [1.54, 1.807) is 17.0 Å². The van der Waals surface area contributed by atoms with Crippen molar-refractivity contribution in [3.05, 3.63) is 65.7 Å². The van der Waals surface area contributed by atoms with Crippen LogP contribution in [0.3, 0.4) is 0 Å². The fraction of sp³-hybridized carbons (Fsp3) is 0.423. The number of hydrogen-bond acceptors (Lipinski definition) is 3. The molecule has 6 nitrogen and oxygen atoms in total. The molecule has 2 aliphatic rings. The van der Waals surface area contributed by atoms with E-state index in [4.69, 9.17) is 4.98 Å². The maximum atomic E-state index is 13.2. The molecule has 0 saturated carbocycles. The molecule has 0 bridgehead atoms. The quantitative estimate of drug-likeness (QED) is 0.594. The second kappa shape index (κ2) is 8.96. The van der Waals surface area contributed by atoms with E-state index in [0.29, 0.717) is 25.4 Å². The Kier molecular flexibility index (Phi) is 5.87. The first-order valence-corrected chi connectivity index (χ1v) is 11.7. The summed E-state index contributed by atoms with van der Waals surface area (Å²) in [5.41, 5.74) is 2.67. The number of hydrogen-bond donors (Lipinski definition) is 0. The van der Waals surface area contributed by atoms with Gasteiger partial charge in [-0.3, -0.25) is 9.59 Å². The highest BCUT2D eigenvalue weighted by molar-refractivity contribution is 5.83. The molecular weight excluding hydrogens is 419 g/mol. The number of rotatable bonds is 5. The predicted octanol–water partition coefficient (Wildman–Crippen LogP) is 3.95. The molecule has 2 aromatic carbocycles. The Morgan fingerprint density at radius 2 is 1.82 bits per heavy atom. The van der Waals surface area contributed by atoms with Crippen molar-refractivity contribution >= 4 is 22.8 Å². The Labute approximate surface area is 193 Å². The van der Waals surface area contributed by atoms with Crippen LogP contribution in [0.15, 0.2) is 48.5 Å². The average Bonchev–Trinajstić information content (AvgIpc) is 3.36. The van der Waals surface area contributed by atoms with Gasteiger partial charge in [0.2, 0.25) is 11.8 Å². The van der Waals surface area contributed by atoms with Gasteiger partial charge in [0.15, 0.2) is 0 Å². The molecule has 5 rings (SSSR count). The largest absolute Gasteiger partial charge is 0.341 e. The highest BCUT2D eigenvalue weighted by Gasteiger charge is 2.34. The van der Waals surface area contributed by atoms with Gasteiger partial charge in [-0.05, 0) is 48.6 Å². The lowest BCUT2D eigenvalue weighted by Gasteiger charge is -2.30. The van der Waals surface area contributed by atoms with E-state index < -0.39 is 0 Å². The number of benzene rings is 2. The lowest BCUT2D eigenvalue weighted by Crippen LogP contribution is -2.40. The van der Waals surface area contributed by atoms with E-state index in [-0.39, 0.29) is 30.1 Å². The van der Waals surface area contributed by atoms with Gasteiger partial charge in [0.25, 0.3) is 0 Å². The van der Waals surface area contributed by atoms with Crippen LogP contribution in [0.5, 0.6) is 0 Å². The van der Waals surface area contributed by atoms with Gasteiger partial charge in [-0.2, -0.15) is 0 Å². The molecule has 0 radical (unpaired) electrons. The van der Waals surface area contributed by atoms with Crippen molar-refractivity contribution in [3.63, 3.8) is 0 Å². The third-order valence-electron chi connectivity index (χ3n) is 6.98. The number of para-hydroxylation sites is 2. The number of imidazole rings is 1. The molecular formula is C26H29FN4O2. The number of halogens is 1. The number of fused-ring (bicyclic) bond motifs is 1. The highest BCUT2D eigenvalue weighted by Crippen LogP contribution is 2.31. The smallest absolute Gasteiger partial charge is 0.242 e. The zero-order chi connectivity index (χ0) is 22.9. The minimum absolute atomic E-state index is 0.0549. The number of amides is 2. The maximum absolute atomic E-state index is 13.2. The van der Waals surface area contributed by atoms with Gasteiger partial charge in [0, 0.05) is 38.5 Å². The molecule has 33 heavy (non-hydrogen) atoms. The monoisotopic (exact) mass is 448 g/mol. The van der Waals surface area contributed by atoms with Crippen LogP contribution in [0.4, 0.5) is 4.39 Å². The van der Waals surface area contributed by atoms with Crippen molar-refractivity contribution in [1.29, 1.82) is 0 Å². The molecule has 3 aromatic rings. The van der Waals surface area contributed by atoms with Crippen molar-refractivity contribution in [3.8, 4) is 0 Å². The molecule has 2 aliphatic heterocycles. The molecule has 0 spiro atoms. The number of aromatic nitrogens is 2. The molecule has 7 heteroatoms. The van der Waals surface area contributed by atoms with Gasteiger partial charge in [-0.15, -0.1) is 0 Å². The van der Waals surface area contributed by atoms with Crippen LogP contribution >= 0.6 is 0 Å². The lowest BCUT2D eigenvalue weighted by molar-refractivity contribution is -0.133. The van der Waals surface area contributed by atoms with Gasteiger partial charge in [0.05, 0.1) is 11.0 Å². The summed E-state index contributed by atoms with van der Waals surface area (Å²) in [6.07, 6.45) is 2.44. The average molecular weight is 449 g/mol. The molecule has 2 amide bonds. The summed E-state index contributed by atoms with van der Waals surface area (Å²) in [4.78, 5) is 34.6. The summed E-state index contributed by atoms with van der Waals surface area (Å²) in [7, 11) is 0. The topological polar surface area (TPSA) is 58.4 Å². The Bertz CT molecular complexity index is 1160. The SMILES string of the molecule is CC1CCN(C(=O)Cn2c([C@H]3CC(=O)N(Cc4ccc(F)cc4)C3)nc3ccccc32)CC1. The number of carbonyl (C=O) groups is 2. The molecule has 0 aliphatic carbocycles. The molecule has 2 saturated heterocycles. The standard InChI is InChI=1S/C26H29FN4O2/c1-18-10-12-29(13-11-18)25(33)17-31-23-5-3-2-4-22(23)28-26(31)20-14-24(32)30(16-20)15-19-6-8-21(27)9-7-19/h2-9,18,20H,10-17H2,1H3/t20-/m0/s1. The molecule has 1 aromatic heterocycles. The van der Waals surface area contributed by atoms with Crippen LogP contribution in [0, 0.1) is 11.7 Å². The van der Waals surface area contributed by atoms with Gasteiger partial charge in [-0.25, -0.2) is 9.37 Å².